The van der Waals surface area contributed by atoms with Crippen LogP contribution in [0.2, 0.25) is 0 Å². The van der Waals surface area contributed by atoms with E-state index in [1.54, 1.807) is 17.0 Å². The molecule has 1 fully saturated rings. The zero-order valence-electron chi connectivity index (χ0n) is 21.4. The quantitative estimate of drug-likeness (QED) is 0.421. The van der Waals surface area contributed by atoms with Gasteiger partial charge in [-0.2, -0.15) is 0 Å². The van der Waals surface area contributed by atoms with Gasteiger partial charge in [-0.05, 0) is 24.3 Å². The van der Waals surface area contributed by atoms with Crippen molar-refractivity contribution in [3.63, 3.8) is 0 Å². The predicted molar refractivity (Wildman–Crippen MR) is 142 cm³/mol. The van der Waals surface area contributed by atoms with Gasteiger partial charge in [0, 0.05) is 48.0 Å². The number of carbonyl (C=O) groups is 4. The number of benzene rings is 3. The summed E-state index contributed by atoms with van der Waals surface area (Å²) in [6.45, 7) is 2.17. The van der Waals surface area contributed by atoms with Crippen molar-refractivity contribution < 1.29 is 38.5 Å². The molecule has 11 heteroatoms. The lowest BCUT2D eigenvalue weighted by Crippen LogP contribution is -2.43. The Labute approximate surface area is 229 Å². The van der Waals surface area contributed by atoms with E-state index in [9.17, 15) is 19.2 Å². The maximum atomic E-state index is 12.8. The molecule has 206 valence electrons. The number of para-hydroxylation sites is 1. The third-order valence-corrected chi connectivity index (χ3v) is 6.75. The van der Waals surface area contributed by atoms with Crippen LogP contribution in [0.3, 0.4) is 0 Å². The number of anilines is 1. The van der Waals surface area contributed by atoms with E-state index in [4.69, 9.17) is 19.3 Å². The second kappa shape index (κ2) is 11.1. The number of rotatable bonds is 4. The molecule has 1 saturated heterocycles. The molecule has 3 aromatic rings. The summed E-state index contributed by atoms with van der Waals surface area (Å²) < 4.78 is 17.6. The molecule has 3 amide bonds. The summed E-state index contributed by atoms with van der Waals surface area (Å²) >= 11 is 0. The summed E-state index contributed by atoms with van der Waals surface area (Å²) in [5.41, 5.74) is 6.97. The molecule has 1 unspecified atom stereocenters. The first-order chi connectivity index (χ1) is 19.3. The van der Waals surface area contributed by atoms with E-state index >= 15 is 0 Å². The highest BCUT2D eigenvalue weighted by Crippen LogP contribution is 2.56. The molecule has 1 atom stereocenters. The molecule has 4 N–H and O–H groups in total. The number of urea groups is 1. The van der Waals surface area contributed by atoms with E-state index in [2.05, 4.69) is 11.1 Å². The van der Waals surface area contributed by atoms with Gasteiger partial charge in [-0.25, -0.2) is 9.59 Å². The number of esters is 1. The number of primary amides is 1. The molecule has 40 heavy (non-hydrogen) atoms. The van der Waals surface area contributed by atoms with Crippen molar-refractivity contribution in [1.82, 2.24) is 4.90 Å². The minimum atomic E-state index is -1.09. The van der Waals surface area contributed by atoms with Crippen molar-refractivity contribution in [2.24, 2.45) is 5.73 Å². The van der Waals surface area contributed by atoms with Crippen molar-refractivity contribution in [3.8, 4) is 11.5 Å². The van der Waals surface area contributed by atoms with Crippen LogP contribution < -0.4 is 15.8 Å². The predicted octanol–water partition coefficient (Wildman–Crippen LogP) is 3.46. The van der Waals surface area contributed by atoms with Crippen LogP contribution in [0.5, 0.6) is 11.5 Å². The Kier molecular flexibility index (Phi) is 7.39. The van der Waals surface area contributed by atoms with Crippen LogP contribution in [0.1, 0.15) is 39.9 Å². The molecule has 0 saturated carbocycles. The second-order valence-electron chi connectivity index (χ2n) is 9.32. The van der Waals surface area contributed by atoms with Crippen LogP contribution in [-0.2, 0) is 24.7 Å². The van der Waals surface area contributed by atoms with Gasteiger partial charge in [-0.15, -0.1) is 0 Å². The van der Waals surface area contributed by atoms with E-state index in [-0.39, 0.29) is 24.8 Å². The molecule has 3 aliphatic rings. The highest BCUT2D eigenvalue weighted by Gasteiger charge is 2.53. The van der Waals surface area contributed by atoms with Crippen LogP contribution in [0.4, 0.5) is 10.5 Å². The molecule has 3 aliphatic heterocycles. The maximum absolute atomic E-state index is 12.8. The van der Waals surface area contributed by atoms with Gasteiger partial charge in [-0.1, -0.05) is 36.4 Å². The van der Waals surface area contributed by atoms with E-state index in [0.29, 0.717) is 49.1 Å². The zero-order valence-corrected chi connectivity index (χ0v) is 21.4. The Morgan fingerprint density at radius 2 is 1.57 bits per heavy atom. The van der Waals surface area contributed by atoms with Crippen LogP contribution in [0.15, 0.2) is 66.7 Å². The molecule has 3 heterocycles. The summed E-state index contributed by atoms with van der Waals surface area (Å²) in [7, 11) is 0. The number of ether oxygens (including phenoxy) is 3. The van der Waals surface area contributed by atoms with E-state index < -0.39 is 17.5 Å². The standard InChI is InChI=1S/C25H20N2O5.C4H7NO3/c28-23-17-5-1-2-6-18(17)25(32-23)19-7-3-4-8-21(19)31-22-15-16(9-10-20(22)25)26-24(29)27-11-13-30-14-12-27;5-3(6)1-2-4(7)8/h1-10,15H,11-14H2,(H,26,29);1-2H2,(H2,5,6)(H,7,8). The number of carbonyl (C=O) groups excluding carboxylic acids is 3. The minimum Gasteiger partial charge on any atom is -0.481 e. The van der Waals surface area contributed by atoms with E-state index in [0.717, 1.165) is 16.7 Å². The van der Waals surface area contributed by atoms with Crippen LogP contribution in [0.25, 0.3) is 0 Å². The lowest BCUT2D eigenvalue weighted by molar-refractivity contribution is -0.138. The lowest BCUT2D eigenvalue weighted by Gasteiger charge is -2.36. The van der Waals surface area contributed by atoms with Gasteiger partial charge in [0.1, 0.15) is 11.5 Å². The average molecular weight is 546 g/mol. The summed E-state index contributed by atoms with van der Waals surface area (Å²) in [6.07, 6.45) is -0.245. The highest BCUT2D eigenvalue weighted by molar-refractivity contribution is 5.97. The Hall–Kier alpha value is -4.90. The fourth-order valence-corrected chi connectivity index (χ4v) is 4.90. The summed E-state index contributed by atoms with van der Waals surface area (Å²) in [5.74, 6) is -0.793. The summed E-state index contributed by atoms with van der Waals surface area (Å²) in [4.78, 5) is 46.7. The number of nitrogens with two attached hydrogens (primary N) is 1. The smallest absolute Gasteiger partial charge is 0.340 e. The Morgan fingerprint density at radius 3 is 2.27 bits per heavy atom. The lowest BCUT2D eigenvalue weighted by atomic mass is 9.77. The van der Waals surface area contributed by atoms with Gasteiger partial charge < -0.3 is 35.3 Å². The number of amides is 3. The number of morpholine rings is 1. The maximum Gasteiger partial charge on any atom is 0.340 e. The molecular weight excluding hydrogens is 518 g/mol. The Balaban J connectivity index is 0.000000355. The number of carboxylic acids is 1. The number of carboxylic acid groups (broad SMARTS) is 1. The average Bonchev–Trinajstić information content (AvgIpc) is 3.25. The summed E-state index contributed by atoms with van der Waals surface area (Å²) in [6, 6.07) is 20.2. The van der Waals surface area contributed by atoms with Crippen LogP contribution in [0, 0.1) is 0 Å². The number of fused-ring (bicyclic) bond motifs is 6. The zero-order chi connectivity index (χ0) is 28.3. The SMILES string of the molecule is NC(=O)CCC(=O)O.O=C1OC2(c3ccccc3Oc3cc(NC(=O)N4CCOCC4)ccc32)c2ccccc21. The molecule has 11 nitrogen and oxygen atoms in total. The van der Waals surface area contributed by atoms with Crippen molar-refractivity contribution >= 4 is 29.6 Å². The molecule has 1 spiro atoms. The number of hydrogen-bond acceptors (Lipinski definition) is 7. The fourth-order valence-electron chi connectivity index (χ4n) is 4.90. The van der Waals surface area contributed by atoms with Crippen molar-refractivity contribution in [3.05, 3.63) is 89.0 Å². The van der Waals surface area contributed by atoms with Crippen molar-refractivity contribution in [2.45, 2.75) is 18.4 Å². The monoisotopic (exact) mass is 545 g/mol. The Bertz CT molecular complexity index is 1470. The van der Waals surface area contributed by atoms with Gasteiger partial charge in [0.15, 0.2) is 5.60 Å². The number of hydrogen-bond donors (Lipinski definition) is 3. The molecule has 0 aliphatic carbocycles. The molecular formula is C29H27N3O8. The molecule has 0 radical (unpaired) electrons. The second-order valence-corrected chi connectivity index (χ2v) is 9.32. The normalized spacial score (nSPS) is 18.2. The van der Waals surface area contributed by atoms with Crippen molar-refractivity contribution in [1.29, 1.82) is 0 Å². The fraction of sp³-hybridized carbons (Fsp3) is 0.241. The molecule has 0 aromatic heterocycles. The van der Waals surface area contributed by atoms with E-state index in [1.807, 2.05) is 54.6 Å². The van der Waals surface area contributed by atoms with Crippen LogP contribution in [-0.4, -0.2) is 60.2 Å². The summed E-state index contributed by atoms with van der Waals surface area (Å²) in [5, 5.41) is 10.9. The first-order valence-corrected chi connectivity index (χ1v) is 12.7. The van der Waals surface area contributed by atoms with E-state index in [1.165, 1.54) is 0 Å². The highest BCUT2D eigenvalue weighted by atomic mass is 16.6. The molecule has 3 aromatic carbocycles. The third-order valence-electron chi connectivity index (χ3n) is 6.75. The number of aliphatic carboxylic acids is 1. The van der Waals surface area contributed by atoms with Gasteiger partial charge in [0.2, 0.25) is 5.91 Å². The van der Waals surface area contributed by atoms with Gasteiger partial charge in [0.05, 0.1) is 25.2 Å². The topological polar surface area (TPSA) is 157 Å². The third kappa shape index (κ3) is 5.06. The molecule has 0 bridgehead atoms. The first kappa shape index (κ1) is 26.7. The Morgan fingerprint density at radius 1 is 0.900 bits per heavy atom. The number of nitrogens with zero attached hydrogens (tertiary/aromatic N) is 1. The van der Waals surface area contributed by atoms with Gasteiger partial charge in [-0.3, -0.25) is 9.59 Å². The van der Waals surface area contributed by atoms with Gasteiger partial charge >= 0.3 is 18.0 Å². The largest absolute Gasteiger partial charge is 0.481 e. The molecule has 6 rings (SSSR count). The van der Waals surface area contributed by atoms with Crippen LogP contribution >= 0.6 is 0 Å². The van der Waals surface area contributed by atoms with Gasteiger partial charge in [0.25, 0.3) is 0 Å². The first-order valence-electron chi connectivity index (χ1n) is 12.7. The minimum absolute atomic E-state index is 0.0741. The number of nitrogens with one attached hydrogen (secondary N) is 1. The van der Waals surface area contributed by atoms with Crippen molar-refractivity contribution in [2.75, 3.05) is 31.6 Å².